The van der Waals surface area contributed by atoms with E-state index in [1.807, 2.05) is 12.1 Å². The first-order valence-electron chi connectivity index (χ1n) is 23.7. The van der Waals surface area contributed by atoms with Crippen LogP contribution >= 0.6 is 0 Å². The first-order valence-corrected chi connectivity index (χ1v) is 23.7. The van der Waals surface area contributed by atoms with Crippen LogP contribution in [0.3, 0.4) is 0 Å². The lowest BCUT2D eigenvalue weighted by Gasteiger charge is -2.22. The minimum absolute atomic E-state index is 0.0538. The van der Waals surface area contributed by atoms with Crippen LogP contribution < -0.4 is 16.0 Å². The molecule has 0 saturated carbocycles. The number of carbonyl (C=O) groups is 2. The van der Waals surface area contributed by atoms with Crippen molar-refractivity contribution in [2.24, 2.45) is 0 Å². The van der Waals surface area contributed by atoms with E-state index in [-0.39, 0.29) is 12.0 Å². The fourth-order valence-electron chi connectivity index (χ4n) is 7.54. The van der Waals surface area contributed by atoms with Crippen molar-refractivity contribution in [3.63, 3.8) is 0 Å². The summed E-state index contributed by atoms with van der Waals surface area (Å²) >= 11 is 0. The van der Waals surface area contributed by atoms with E-state index in [0.717, 1.165) is 31.4 Å². The zero-order valence-corrected chi connectivity index (χ0v) is 36.6. The van der Waals surface area contributed by atoms with E-state index in [1.54, 1.807) is 0 Å². The van der Waals surface area contributed by atoms with Crippen LogP contribution in [-0.4, -0.2) is 62.2 Å². The minimum atomic E-state index is -1.02. The number of unbranched alkanes of at least 4 members (excludes halogenated alkanes) is 23. The van der Waals surface area contributed by atoms with Gasteiger partial charge >= 0.3 is 6.09 Å². The maximum Gasteiger partial charge on any atom is 0.404 e. The van der Waals surface area contributed by atoms with Gasteiger partial charge in [0, 0.05) is 32.8 Å². The third kappa shape index (κ3) is 28.4. The SMILES string of the molecule is CCCCCCCCCCCCCCOCC(CNC(=O)C(CCCCNC(=O)O)NCc1ccc2ccccc2c1)OCCCCCCCCCCCCCC. The molecule has 0 aliphatic carbocycles. The van der Waals surface area contributed by atoms with Crippen molar-refractivity contribution in [2.75, 3.05) is 32.9 Å². The first-order chi connectivity index (χ1) is 28.0. The number of nitrogens with one attached hydrogen (secondary N) is 3. The molecule has 0 spiro atoms. The third-order valence-electron chi connectivity index (χ3n) is 11.2. The molecule has 0 aliphatic heterocycles. The Hall–Kier alpha value is -2.68. The average Bonchev–Trinajstić information content (AvgIpc) is 3.22. The quantitative estimate of drug-likeness (QED) is 0.0500. The normalized spacial score (nSPS) is 12.5. The van der Waals surface area contributed by atoms with Gasteiger partial charge in [-0.25, -0.2) is 4.79 Å². The van der Waals surface area contributed by atoms with Crippen LogP contribution in [-0.2, 0) is 20.8 Å². The largest absolute Gasteiger partial charge is 0.465 e. The predicted octanol–water partition coefficient (Wildman–Crippen LogP) is 12.7. The van der Waals surface area contributed by atoms with Gasteiger partial charge in [-0.2, -0.15) is 0 Å². The molecular weight excluding hydrogens is 711 g/mol. The predicted molar refractivity (Wildman–Crippen MR) is 240 cm³/mol. The Labute approximate surface area is 348 Å². The smallest absolute Gasteiger partial charge is 0.404 e. The molecule has 0 heterocycles. The number of fused-ring (bicyclic) bond motifs is 1. The fraction of sp³-hybridized carbons (Fsp3) is 0.755. The monoisotopic (exact) mass is 796 g/mol. The molecule has 0 bridgehead atoms. The van der Waals surface area contributed by atoms with E-state index < -0.39 is 12.1 Å². The third-order valence-corrected chi connectivity index (χ3v) is 11.2. The molecule has 8 nitrogen and oxygen atoms in total. The Morgan fingerprint density at radius 1 is 0.596 bits per heavy atom. The van der Waals surface area contributed by atoms with Gasteiger partial charge in [0.2, 0.25) is 5.91 Å². The molecule has 0 saturated heterocycles. The molecule has 2 unspecified atom stereocenters. The molecule has 2 atom stereocenters. The number of amides is 2. The van der Waals surface area contributed by atoms with E-state index in [9.17, 15) is 9.59 Å². The maximum absolute atomic E-state index is 13.7. The lowest BCUT2D eigenvalue weighted by Crippen LogP contribution is -2.47. The van der Waals surface area contributed by atoms with Gasteiger partial charge in [-0.3, -0.25) is 4.79 Å². The number of carboxylic acid groups (broad SMARTS) is 1. The Balaban J connectivity index is 1.80. The van der Waals surface area contributed by atoms with E-state index in [4.69, 9.17) is 14.6 Å². The van der Waals surface area contributed by atoms with Crippen molar-refractivity contribution in [2.45, 2.75) is 206 Å². The number of rotatable bonds is 40. The van der Waals surface area contributed by atoms with Crippen LogP contribution in [0, 0.1) is 0 Å². The number of carbonyl (C=O) groups excluding carboxylic acids is 1. The standard InChI is InChI=1S/C49H85N3O5/c1-3-5-7-9-11-13-15-17-19-21-23-29-37-56-42-46(57-38-30-24-22-20-18-16-14-12-10-8-6-4-2)41-52-48(53)47(33-27-28-36-50-49(54)55)51-40-43-34-35-44-31-25-26-32-45(44)39-43/h25-26,31-32,34-35,39,46-47,50-51H,3-24,27-30,33,36-38,40-42H2,1-2H3,(H,52,53)(H,54,55). The summed E-state index contributed by atoms with van der Waals surface area (Å²) in [7, 11) is 0. The summed E-state index contributed by atoms with van der Waals surface area (Å²) in [6, 6.07) is 14.3. The maximum atomic E-state index is 13.7. The van der Waals surface area contributed by atoms with Crippen molar-refractivity contribution >= 4 is 22.8 Å². The van der Waals surface area contributed by atoms with Gasteiger partial charge in [0.1, 0.15) is 0 Å². The van der Waals surface area contributed by atoms with Crippen molar-refractivity contribution < 1.29 is 24.2 Å². The lowest BCUT2D eigenvalue weighted by molar-refractivity contribution is -0.124. The number of ether oxygens (including phenoxy) is 2. The van der Waals surface area contributed by atoms with Crippen LogP contribution in [0.25, 0.3) is 10.8 Å². The van der Waals surface area contributed by atoms with Gasteiger partial charge in [0.25, 0.3) is 0 Å². The van der Waals surface area contributed by atoms with Gasteiger partial charge in [0.05, 0.1) is 18.8 Å². The van der Waals surface area contributed by atoms with E-state index in [2.05, 4.69) is 60.1 Å². The molecule has 0 fully saturated rings. The van der Waals surface area contributed by atoms with E-state index in [1.165, 1.54) is 152 Å². The highest BCUT2D eigenvalue weighted by Crippen LogP contribution is 2.17. The topological polar surface area (TPSA) is 109 Å². The summed E-state index contributed by atoms with van der Waals surface area (Å²) in [5.41, 5.74) is 1.12. The molecule has 0 aliphatic rings. The summed E-state index contributed by atoms with van der Waals surface area (Å²) in [5.74, 6) is -0.0538. The van der Waals surface area contributed by atoms with Crippen molar-refractivity contribution in [1.29, 1.82) is 0 Å². The van der Waals surface area contributed by atoms with Crippen LogP contribution in [0.15, 0.2) is 42.5 Å². The van der Waals surface area contributed by atoms with Crippen LogP contribution in [0.4, 0.5) is 4.79 Å². The molecule has 57 heavy (non-hydrogen) atoms. The van der Waals surface area contributed by atoms with Gasteiger partial charge in [-0.15, -0.1) is 0 Å². The molecule has 4 N–H and O–H groups in total. The summed E-state index contributed by atoms with van der Waals surface area (Å²) in [4.78, 5) is 24.6. The van der Waals surface area contributed by atoms with Crippen molar-refractivity contribution in [1.82, 2.24) is 16.0 Å². The van der Waals surface area contributed by atoms with E-state index >= 15 is 0 Å². The molecule has 8 heteroatoms. The Bertz CT molecular complexity index is 1240. The second kappa shape index (κ2) is 36.4. The average molecular weight is 796 g/mol. The molecule has 0 radical (unpaired) electrons. The summed E-state index contributed by atoms with van der Waals surface area (Å²) in [6.45, 7) is 7.79. The van der Waals surface area contributed by atoms with Crippen molar-refractivity contribution in [3.8, 4) is 0 Å². The minimum Gasteiger partial charge on any atom is -0.465 e. The highest BCUT2D eigenvalue weighted by Gasteiger charge is 2.20. The highest BCUT2D eigenvalue weighted by molar-refractivity contribution is 5.83. The number of hydrogen-bond acceptors (Lipinski definition) is 5. The summed E-state index contributed by atoms with van der Waals surface area (Å²) < 4.78 is 12.5. The van der Waals surface area contributed by atoms with Gasteiger partial charge in [0.15, 0.2) is 0 Å². The second-order valence-corrected chi connectivity index (χ2v) is 16.4. The van der Waals surface area contributed by atoms with E-state index in [0.29, 0.717) is 45.7 Å². The van der Waals surface area contributed by atoms with Gasteiger partial charge < -0.3 is 30.5 Å². The molecule has 2 aromatic rings. The molecule has 0 aromatic heterocycles. The summed E-state index contributed by atoms with van der Waals surface area (Å²) in [6.07, 6.45) is 32.3. The first kappa shape index (κ1) is 50.5. The molecule has 2 rings (SSSR count). The van der Waals surface area contributed by atoms with Crippen LogP contribution in [0.5, 0.6) is 0 Å². The lowest BCUT2D eigenvalue weighted by atomic mass is 10.1. The van der Waals surface area contributed by atoms with Gasteiger partial charge in [-0.1, -0.05) is 192 Å². The number of hydrogen-bond donors (Lipinski definition) is 4. The zero-order valence-electron chi connectivity index (χ0n) is 36.6. The van der Waals surface area contributed by atoms with Crippen LogP contribution in [0.2, 0.25) is 0 Å². The van der Waals surface area contributed by atoms with Crippen molar-refractivity contribution in [3.05, 3.63) is 48.0 Å². The molecule has 2 aromatic carbocycles. The second-order valence-electron chi connectivity index (χ2n) is 16.4. The van der Waals surface area contributed by atoms with Gasteiger partial charge in [-0.05, 0) is 54.5 Å². The molecule has 2 amide bonds. The highest BCUT2D eigenvalue weighted by atomic mass is 16.5. The summed E-state index contributed by atoms with van der Waals surface area (Å²) in [5, 5.41) is 20.4. The molecular formula is C49H85N3O5. The van der Waals surface area contributed by atoms with Crippen LogP contribution in [0.1, 0.15) is 193 Å². The molecule has 326 valence electrons. The fourth-order valence-corrected chi connectivity index (χ4v) is 7.54. The Kier molecular flexibility index (Phi) is 32.2. The number of benzene rings is 2. The Morgan fingerprint density at radius 3 is 1.68 bits per heavy atom. The Morgan fingerprint density at radius 2 is 1.12 bits per heavy atom. The zero-order chi connectivity index (χ0) is 40.9.